The molecule has 7 heteroatoms. The summed E-state index contributed by atoms with van der Waals surface area (Å²) in [6, 6.07) is 24.8. The second-order valence-electron chi connectivity index (χ2n) is 11.9. The Labute approximate surface area is 241 Å². The number of likely N-dealkylation sites (tertiary alicyclic amines) is 2. The zero-order chi connectivity index (χ0) is 27.8. The minimum atomic E-state index is -0.371. The van der Waals surface area contributed by atoms with E-state index in [1.165, 1.54) is 11.1 Å². The van der Waals surface area contributed by atoms with Crippen LogP contribution in [0.4, 0.5) is 0 Å². The molecule has 1 aliphatic carbocycles. The number of fused-ring (bicyclic) bond motifs is 2. The smallest absolute Gasteiger partial charge is 0.254 e. The topological polar surface area (TPSA) is 71.5 Å². The molecule has 4 fully saturated rings. The van der Waals surface area contributed by atoms with Crippen molar-refractivity contribution in [1.82, 2.24) is 9.80 Å². The van der Waals surface area contributed by atoms with Gasteiger partial charge in [0.2, 0.25) is 0 Å². The maximum Gasteiger partial charge on any atom is 0.254 e. The van der Waals surface area contributed by atoms with Crippen molar-refractivity contribution in [1.29, 1.82) is 0 Å². The number of amides is 1. The maximum absolute atomic E-state index is 13.4. The van der Waals surface area contributed by atoms with Crippen LogP contribution in [0.3, 0.4) is 0 Å². The van der Waals surface area contributed by atoms with Crippen molar-refractivity contribution in [3.05, 3.63) is 95.1 Å². The van der Waals surface area contributed by atoms with Crippen molar-refractivity contribution in [2.75, 3.05) is 26.3 Å². The van der Waals surface area contributed by atoms with Gasteiger partial charge >= 0.3 is 0 Å². The summed E-state index contributed by atoms with van der Waals surface area (Å²) in [6.07, 6.45) is 4.86. The minimum absolute atomic E-state index is 0.0893. The molecule has 1 saturated carbocycles. The van der Waals surface area contributed by atoms with E-state index in [4.69, 9.17) is 14.2 Å². The van der Waals surface area contributed by atoms with E-state index in [1.54, 1.807) is 0 Å². The summed E-state index contributed by atoms with van der Waals surface area (Å²) in [4.78, 5) is 17.9. The molecule has 3 aliphatic heterocycles. The molecule has 0 aromatic heterocycles. The Hall–Kier alpha value is -3.23. The SMILES string of the molecule is O=C(c1ccc(Oc2ccc(C3CCC4(CC3)OCCO4)cc2CO)cc1)N1CC2CC1CN2Cc1ccccc1. The van der Waals surface area contributed by atoms with Gasteiger partial charge < -0.3 is 24.2 Å². The van der Waals surface area contributed by atoms with Gasteiger partial charge in [0.15, 0.2) is 5.79 Å². The van der Waals surface area contributed by atoms with Crippen molar-refractivity contribution in [2.45, 2.75) is 69.0 Å². The number of rotatable bonds is 7. The third-order valence-electron chi connectivity index (χ3n) is 9.46. The molecule has 3 aromatic carbocycles. The molecule has 7 rings (SSSR count). The van der Waals surface area contributed by atoms with Crippen LogP contribution in [0, 0.1) is 0 Å². The van der Waals surface area contributed by atoms with Gasteiger partial charge in [0.1, 0.15) is 11.5 Å². The second kappa shape index (κ2) is 11.2. The van der Waals surface area contributed by atoms with E-state index in [1.807, 2.05) is 41.3 Å². The highest BCUT2D eigenvalue weighted by molar-refractivity contribution is 5.95. The highest BCUT2D eigenvalue weighted by Gasteiger charge is 2.45. The van der Waals surface area contributed by atoms with E-state index in [0.717, 1.165) is 57.3 Å². The molecule has 3 heterocycles. The largest absolute Gasteiger partial charge is 0.457 e. The van der Waals surface area contributed by atoms with Gasteiger partial charge in [-0.1, -0.05) is 36.4 Å². The van der Waals surface area contributed by atoms with Gasteiger partial charge in [-0.25, -0.2) is 0 Å². The van der Waals surface area contributed by atoms with Crippen molar-refractivity contribution < 1.29 is 24.1 Å². The fourth-order valence-electron chi connectivity index (χ4n) is 7.22. The van der Waals surface area contributed by atoms with Crippen molar-refractivity contribution in [3.63, 3.8) is 0 Å². The number of ether oxygens (including phenoxy) is 3. The molecule has 7 nitrogen and oxygen atoms in total. The van der Waals surface area contributed by atoms with Crippen LogP contribution in [0.1, 0.15) is 65.1 Å². The summed E-state index contributed by atoms with van der Waals surface area (Å²) in [5.41, 5.74) is 3.99. The van der Waals surface area contributed by atoms with E-state index in [2.05, 4.69) is 41.3 Å². The Kier molecular flexibility index (Phi) is 7.29. The zero-order valence-electron chi connectivity index (χ0n) is 23.4. The first-order valence-electron chi connectivity index (χ1n) is 15.0. The molecule has 2 unspecified atom stereocenters. The quantitative estimate of drug-likeness (QED) is 0.418. The van der Waals surface area contributed by atoms with Crippen molar-refractivity contribution in [2.24, 2.45) is 0 Å². The Balaban J connectivity index is 0.961. The Morgan fingerprint density at radius 1 is 0.927 bits per heavy atom. The first-order chi connectivity index (χ1) is 20.1. The first kappa shape index (κ1) is 26.7. The van der Waals surface area contributed by atoms with Crippen LogP contribution in [0.15, 0.2) is 72.8 Å². The van der Waals surface area contributed by atoms with Crippen LogP contribution in [0.5, 0.6) is 11.5 Å². The lowest BCUT2D eigenvalue weighted by molar-refractivity contribution is -0.178. The predicted octanol–water partition coefficient (Wildman–Crippen LogP) is 5.47. The van der Waals surface area contributed by atoms with Crippen LogP contribution < -0.4 is 4.74 Å². The van der Waals surface area contributed by atoms with Gasteiger partial charge in [-0.05, 0) is 72.7 Å². The summed E-state index contributed by atoms with van der Waals surface area (Å²) in [7, 11) is 0. The van der Waals surface area contributed by atoms with E-state index in [9.17, 15) is 9.90 Å². The maximum atomic E-state index is 13.4. The molecule has 0 radical (unpaired) electrons. The van der Waals surface area contributed by atoms with E-state index < -0.39 is 0 Å². The Morgan fingerprint density at radius 2 is 1.68 bits per heavy atom. The Morgan fingerprint density at radius 3 is 2.37 bits per heavy atom. The molecule has 2 atom stereocenters. The highest BCUT2D eigenvalue weighted by Crippen LogP contribution is 2.43. The van der Waals surface area contributed by atoms with E-state index >= 15 is 0 Å². The Bertz CT molecular complexity index is 1360. The van der Waals surface area contributed by atoms with Crippen LogP contribution in [-0.2, 0) is 22.6 Å². The molecule has 3 saturated heterocycles. The average Bonchev–Trinajstić information content (AvgIpc) is 3.75. The lowest BCUT2D eigenvalue weighted by Crippen LogP contribution is -2.48. The molecule has 4 aliphatic rings. The third kappa shape index (κ3) is 5.40. The number of carbonyl (C=O) groups excluding carboxylic acids is 1. The van der Waals surface area contributed by atoms with E-state index in [-0.39, 0.29) is 24.3 Å². The molecule has 1 spiro atoms. The number of carbonyl (C=O) groups is 1. The minimum Gasteiger partial charge on any atom is -0.457 e. The third-order valence-corrected chi connectivity index (χ3v) is 9.46. The summed E-state index contributed by atoms with van der Waals surface area (Å²) < 4.78 is 17.9. The normalized spacial score (nSPS) is 23.9. The van der Waals surface area contributed by atoms with Gasteiger partial charge in [0.25, 0.3) is 5.91 Å². The number of piperazine rings is 1. The summed E-state index contributed by atoms with van der Waals surface area (Å²) in [5, 5.41) is 10.1. The van der Waals surface area contributed by atoms with Crippen LogP contribution in [0.2, 0.25) is 0 Å². The fraction of sp³-hybridized carbons (Fsp3) is 0.441. The van der Waals surface area contributed by atoms with Gasteiger partial charge in [0, 0.05) is 55.7 Å². The van der Waals surface area contributed by atoms with Crippen LogP contribution in [-0.4, -0.2) is 65.0 Å². The highest BCUT2D eigenvalue weighted by atomic mass is 16.7. The molecule has 2 bridgehead atoms. The van der Waals surface area contributed by atoms with Gasteiger partial charge in [-0.2, -0.15) is 0 Å². The number of benzene rings is 3. The van der Waals surface area contributed by atoms with E-state index in [0.29, 0.717) is 42.2 Å². The number of hydrogen-bond acceptors (Lipinski definition) is 6. The van der Waals surface area contributed by atoms with Gasteiger partial charge in [0.05, 0.1) is 19.8 Å². The fourth-order valence-corrected chi connectivity index (χ4v) is 7.22. The van der Waals surface area contributed by atoms with Gasteiger partial charge in [-0.3, -0.25) is 9.69 Å². The van der Waals surface area contributed by atoms with Crippen LogP contribution >= 0.6 is 0 Å². The summed E-state index contributed by atoms with van der Waals surface area (Å²) >= 11 is 0. The second-order valence-corrected chi connectivity index (χ2v) is 11.9. The first-order valence-corrected chi connectivity index (χ1v) is 15.0. The molecule has 1 N–H and O–H groups in total. The van der Waals surface area contributed by atoms with Gasteiger partial charge in [-0.15, -0.1) is 0 Å². The van der Waals surface area contributed by atoms with Crippen LogP contribution in [0.25, 0.3) is 0 Å². The average molecular weight is 555 g/mol. The number of aliphatic hydroxyl groups excluding tert-OH is 1. The van der Waals surface area contributed by atoms with Crippen molar-refractivity contribution >= 4 is 5.91 Å². The number of nitrogens with zero attached hydrogens (tertiary/aromatic N) is 2. The standard InChI is InChI=1S/C34H38N2O5/c37-23-28-18-27(25-12-14-34(15-13-25)39-16-17-40-34)8-11-32(28)41-31-9-6-26(7-10-31)33(38)36-22-29-19-30(36)21-35(29)20-24-4-2-1-3-5-24/h1-11,18,25,29-30,37H,12-17,19-23H2. The predicted molar refractivity (Wildman–Crippen MR) is 155 cm³/mol. The number of hydrogen-bond donors (Lipinski definition) is 1. The number of aliphatic hydroxyl groups is 1. The molecular weight excluding hydrogens is 516 g/mol. The monoisotopic (exact) mass is 554 g/mol. The molecular formula is C34H38N2O5. The molecule has 3 aromatic rings. The lowest BCUT2D eigenvalue weighted by atomic mass is 9.80. The summed E-state index contributed by atoms with van der Waals surface area (Å²) in [6.45, 7) is 3.93. The lowest BCUT2D eigenvalue weighted by Gasteiger charge is -2.35. The summed E-state index contributed by atoms with van der Waals surface area (Å²) in [5.74, 6) is 1.43. The molecule has 214 valence electrons. The molecule has 1 amide bonds. The van der Waals surface area contributed by atoms with Crippen molar-refractivity contribution in [3.8, 4) is 11.5 Å². The molecule has 41 heavy (non-hydrogen) atoms. The zero-order valence-corrected chi connectivity index (χ0v) is 23.4.